The normalized spacial score (nSPS) is 16.4. The maximum atomic E-state index is 12.3. The van der Waals surface area contributed by atoms with Crippen LogP contribution in [0.1, 0.15) is 18.5 Å². The summed E-state index contributed by atoms with van der Waals surface area (Å²) >= 11 is 0. The highest BCUT2D eigenvalue weighted by atomic mass is 16.1. The summed E-state index contributed by atoms with van der Waals surface area (Å²) in [5.74, 6) is 0.254. The van der Waals surface area contributed by atoms with Crippen molar-refractivity contribution in [1.82, 2.24) is 9.88 Å². The molecule has 4 nitrogen and oxygen atoms in total. The molecule has 4 heteroatoms. The van der Waals surface area contributed by atoms with Gasteiger partial charge in [0.25, 0.3) is 0 Å². The third-order valence-corrected chi connectivity index (χ3v) is 4.11. The molecule has 0 spiro atoms. The van der Waals surface area contributed by atoms with Crippen molar-refractivity contribution in [1.29, 1.82) is 0 Å². The number of carbonyl (C=O) groups is 1. The first kappa shape index (κ1) is 14.7. The molecule has 0 atom stereocenters. The van der Waals surface area contributed by atoms with Crippen LogP contribution in [0.25, 0.3) is 0 Å². The Labute approximate surface area is 131 Å². The zero-order valence-electron chi connectivity index (χ0n) is 12.6. The summed E-state index contributed by atoms with van der Waals surface area (Å²) in [7, 11) is 0. The summed E-state index contributed by atoms with van der Waals surface area (Å²) in [5.41, 5.74) is 1.97. The van der Waals surface area contributed by atoms with Gasteiger partial charge in [-0.2, -0.15) is 0 Å². The van der Waals surface area contributed by atoms with Gasteiger partial charge in [0.15, 0.2) is 0 Å². The molecule has 0 bridgehead atoms. The smallest absolute Gasteiger partial charge is 0.227 e. The van der Waals surface area contributed by atoms with E-state index in [0.29, 0.717) is 0 Å². The van der Waals surface area contributed by atoms with Crippen molar-refractivity contribution in [3.63, 3.8) is 0 Å². The molecule has 2 aromatic rings. The molecular weight excluding hydrogens is 274 g/mol. The third kappa shape index (κ3) is 3.92. The average Bonchev–Trinajstić information content (AvgIpc) is 2.57. The van der Waals surface area contributed by atoms with Gasteiger partial charge in [-0.1, -0.05) is 24.3 Å². The van der Waals surface area contributed by atoms with E-state index in [-0.39, 0.29) is 11.8 Å². The fourth-order valence-electron chi connectivity index (χ4n) is 2.84. The largest absolute Gasteiger partial charge is 0.326 e. The standard InChI is InChI=1S/C18H21N3O/c22-18(20-16-6-2-1-3-7-16)15-9-12-21(13-10-15)14-17-8-4-5-11-19-17/h1-8,11,15H,9-10,12-14H2,(H,20,22). The Kier molecular flexibility index (Phi) is 4.81. The van der Waals surface area contributed by atoms with Gasteiger partial charge in [-0.15, -0.1) is 0 Å². The lowest BCUT2D eigenvalue weighted by Crippen LogP contribution is -2.37. The molecule has 22 heavy (non-hydrogen) atoms. The lowest BCUT2D eigenvalue weighted by molar-refractivity contribution is -0.121. The number of benzene rings is 1. The number of anilines is 1. The molecule has 1 amide bonds. The summed E-state index contributed by atoms with van der Waals surface area (Å²) in [5, 5.41) is 3.01. The number of aromatic nitrogens is 1. The van der Waals surface area contributed by atoms with Crippen LogP contribution in [0.2, 0.25) is 0 Å². The van der Waals surface area contributed by atoms with Crippen molar-refractivity contribution < 1.29 is 4.79 Å². The van der Waals surface area contributed by atoms with Crippen molar-refractivity contribution >= 4 is 11.6 Å². The van der Waals surface area contributed by atoms with Crippen LogP contribution in [0.4, 0.5) is 5.69 Å². The van der Waals surface area contributed by atoms with Gasteiger partial charge in [-0.25, -0.2) is 0 Å². The van der Waals surface area contributed by atoms with Crippen molar-refractivity contribution in [2.75, 3.05) is 18.4 Å². The molecule has 3 rings (SSSR count). The first-order valence-electron chi connectivity index (χ1n) is 7.79. The van der Waals surface area contributed by atoms with E-state index < -0.39 is 0 Å². The molecule has 1 aliphatic heterocycles. The number of amides is 1. The Bertz CT molecular complexity index is 592. The maximum absolute atomic E-state index is 12.3. The van der Waals surface area contributed by atoms with Crippen LogP contribution in [0.15, 0.2) is 54.7 Å². The maximum Gasteiger partial charge on any atom is 0.227 e. The number of hydrogen-bond donors (Lipinski definition) is 1. The zero-order chi connectivity index (χ0) is 15.2. The number of pyridine rings is 1. The summed E-state index contributed by atoms with van der Waals surface area (Å²) in [4.78, 5) is 19.0. The Hall–Kier alpha value is -2.20. The Morgan fingerprint density at radius 1 is 1.09 bits per heavy atom. The Morgan fingerprint density at radius 3 is 2.50 bits per heavy atom. The van der Waals surface area contributed by atoms with Gasteiger partial charge in [0.2, 0.25) is 5.91 Å². The summed E-state index contributed by atoms with van der Waals surface area (Å²) in [6.45, 7) is 2.76. The lowest BCUT2D eigenvalue weighted by Gasteiger charge is -2.31. The molecule has 1 aromatic carbocycles. The monoisotopic (exact) mass is 295 g/mol. The molecular formula is C18H21N3O. The van der Waals surface area contributed by atoms with Gasteiger partial charge >= 0.3 is 0 Å². The van der Waals surface area contributed by atoms with Gasteiger partial charge in [-0.3, -0.25) is 14.7 Å². The van der Waals surface area contributed by atoms with Gasteiger partial charge in [-0.05, 0) is 50.2 Å². The molecule has 0 aliphatic carbocycles. The number of nitrogens with zero attached hydrogens (tertiary/aromatic N) is 2. The van der Waals surface area contributed by atoms with E-state index in [2.05, 4.69) is 15.2 Å². The SMILES string of the molecule is O=C(Nc1ccccc1)C1CCN(Cc2ccccn2)CC1. The summed E-state index contributed by atoms with van der Waals surface area (Å²) < 4.78 is 0. The average molecular weight is 295 g/mol. The second-order valence-corrected chi connectivity index (χ2v) is 5.73. The molecule has 0 radical (unpaired) electrons. The zero-order valence-corrected chi connectivity index (χ0v) is 12.6. The van der Waals surface area contributed by atoms with Crippen LogP contribution < -0.4 is 5.32 Å². The highest BCUT2D eigenvalue weighted by molar-refractivity contribution is 5.92. The van der Waals surface area contributed by atoms with Crippen LogP contribution in [-0.4, -0.2) is 28.9 Å². The van der Waals surface area contributed by atoms with Crippen molar-refractivity contribution in [2.24, 2.45) is 5.92 Å². The van der Waals surface area contributed by atoms with E-state index in [1.165, 1.54) is 0 Å². The van der Waals surface area contributed by atoms with Crippen LogP contribution in [0.3, 0.4) is 0 Å². The Balaban J connectivity index is 1.48. The van der Waals surface area contributed by atoms with Crippen molar-refractivity contribution in [3.05, 3.63) is 60.4 Å². The van der Waals surface area contributed by atoms with Crippen LogP contribution in [0.5, 0.6) is 0 Å². The number of rotatable bonds is 4. The highest BCUT2D eigenvalue weighted by Crippen LogP contribution is 2.20. The molecule has 1 fully saturated rings. The number of carbonyl (C=O) groups excluding carboxylic acids is 1. The Morgan fingerprint density at radius 2 is 1.82 bits per heavy atom. The van der Waals surface area contributed by atoms with Gasteiger partial charge in [0.1, 0.15) is 0 Å². The van der Waals surface area contributed by atoms with Crippen LogP contribution >= 0.6 is 0 Å². The first-order chi connectivity index (χ1) is 10.8. The minimum atomic E-state index is 0.111. The number of likely N-dealkylation sites (tertiary alicyclic amines) is 1. The van der Waals surface area contributed by atoms with Gasteiger partial charge in [0, 0.05) is 24.3 Å². The van der Waals surface area contributed by atoms with Gasteiger partial charge in [0.05, 0.1) is 5.69 Å². The number of para-hydroxylation sites is 1. The number of nitrogens with one attached hydrogen (secondary N) is 1. The predicted molar refractivity (Wildman–Crippen MR) is 87.3 cm³/mol. The van der Waals surface area contributed by atoms with E-state index in [4.69, 9.17) is 0 Å². The molecule has 1 aromatic heterocycles. The summed E-state index contributed by atoms with van der Waals surface area (Å²) in [6.07, 6.45) is 3.65. The van der Waals surface area contributed by atoms with Crippen LogP contribution in [0, 0.1) is 5.92 Å². The number of piperidine rings is 1. The van der Waals surface area contributed by atoms with E-state index in [0.717, 1.165) is 43.9 Å². The highest BCUT2D eigenvalue weighted by Gasteiger charge is 2.25. The second-order valence-electron chi connectivity index (χ2n) is 5.73. The van der Waals surface area contributed by atoms with E-state index >= 15 is 0 Å². The predicted octanol–water partition coefficient (Wildman–Crippen LogP) is 2.93. The van der Waals surface area contributed by atoms with E-state index in [1.807, 2.05) is 54.7 Å². The fourth-order valence-corrected chi connectivity index (χ4v) is 2.84. The van der Waals surface area contributed by atoms with E-state index in [1.54, 1.807) is 0 Å². The minimum absolute atomic E-state index is 0.111. The molecule has 0 unspecified atom stereocenters. The summed E-state index contributed by atoms with van der Waals surface area (Å²) in [6, 6.07) is 15.7. The second kappa shape index (κ2) is 7.18. The van der Waals surface area contributed by atoms with Gasteiger partial charge < -0.3 is 5.32 Å². The first-order valence-corrected chi connectivity index (χ1v) is 7.79. The molecule has 1 aliphatic rings. The molecule has 1 N–H and O–H groups in total. The molecule has 114 valence electrons. The molecule has 2 heterocycles. The molecule has 0 saturated carbocycles. The van der Waals surface area contributed by atoms with E-state index in [9.17, 15) is 4.79 Å². The number of hydrogen-bond acceptors (Lipinski definition) is 3. The van der Waals surface area contributed by atoms with Crippen molar-refractivity contribution in [3.8, 4) is 0 Å². The third-order valence-electron chi connectivity index (χ3n) is 4.11. The molecule has 1 saturated heterocycles. The van der Waals surface area contributed by atoms with Crippen molar-refractivity contribution in [2.45, 2.75) is 19.4 Å². The topological polar surface area (TPSA) is 45.2 Å². The quantitative estimate of drug-likeness (QED) is 0.943. The van der Waals surface area contributed by atoms with Crippen LogP contribution in [-0.2, 0) is 11.3 Å². The lowest BCUT2D eigenvalue weighted by atomic mass is 9.95. The fraction of sp³-hybridized carbons (Fsp3) is 0.333. The minimum Gasteiger partial charge on any atom is -0.326 e.